The maximum atomic E-state index is 12.7. The molecule has 1 aliphatic heterocycles. The number of para-hydroxylation sites is 1. The number of piperazine rings is 1. The van der Waals surface area contributed by atoms with E-state index < -0.39 is 5.97 Å². The highest BCUT2D eigenvalue weighted by Crippen LogP contribution is 2.19. The fourth-order valence-corrected chi connectivity index (χ4v) is 2.57. The Morgan fingerprint density at radius 1 is 1.08 bits per heavy atom. The normalized spacial score (nSPS) is 15.1. The monoisotopic (exact) mass is 333 g/mol. The van der Waals surface area contributed by atoms with Crippen LogP contribution in [0.15, 0.2) is 24.3 Å². The van der Waals surface area contributed by atoms with Crippen LogP contribution in [0.4, 0.5) is 5.69 Å². The van der Waals surface area contributed by atoms with Gasteiger partial charge in [0.2, 0.25) is 5.91 Å². The molecule has 0 aliphatic carbocycles. The summed E-state index contributed by atoms with van der Waals surface area (Å²) in [5.41, 5.74) is 0.940. The second-order valence-corrected chi connectivity index (χ2v) is 5.94. The maximum absolute atomic E-state index is 12.7. The molecule has 1 heterocycles. The van der Waals surface area contributed by atoms with Gasteiger partial charge in [0.1, 0.15) is 0 Å². The number of carboxylic acid groups (broad SMARTS) is 1. The highest BCUT2D eigenvalue weighted by Gasteiger charge is 2.22. The number of carboxylic acids is 1. The van der Waals surface area contributed by atoms with E-state index in [4.69, 9.17) is 5.11 Å². The average Bonchev–Trinajstić information content (AvgIpc) is 2.55. The number of rotatable bonds is 6. The van der Waals surface area contributed by atoms with Gasteiger partial charge in [-0.3, -0.25) is 14.4 Å². The SMILES string of the molecule is CN1CCN(C(=O)c2ccccc2NC(=O)CCCC(=O)O)CC1. The van der Waals surface area contributed by atoms with Crippen molar-refractivity contribution >= 4 is 23.5 Å². The molecule has 0 unspecified atom stereocenters. The molecule has 0 atom stereocenters. The molecule has 0 bridgehead atoms. The van der Waals surface area contributed by atoms with Gasteiger partial charge in [0.15, 0.2) is 0 Å². The molecule has 1 aliphatic rings. The number of benzene rings is 1. The van der Waals surface area contributed by atoms with Gasteiger partial charge >= 0.3 is 5.97 Å². The molecule has 2 amide bonds. The highest BCUT2D eigenvalue weighted by molar-refractivity contribution is 6.03. The Balaban J connectivity index is 2.00. The van der Waals surface area contributed by atoms with E-state index in [9.17, 15) is 14.4 Å². The lowest BCUT2D eigenvalue weighted by Gasteiger charge is -2.32. The van der Waals surface area contributed by atoms with Crippen molar-refractivity contribution in [1.82, 2.24) is 9.80 Å². The molecular formula is C17H23N3O4. The summed E-state index contributed by atoms with van der Waals surface area (Å²) >= 11 is 0. The van der Waals surface area contributed by atoms with Gasteiger partial charge in [0, 0.05) is 39.0 Å². The molecule has 7 heteroatoms. The van der Waals surface area contributed by atoms with Gasteiger partial charge < -0.3 is 20.2 Å². The zero-order valence-corrected chi connectivity index (χ0v) is 13.8. The minimum atomic E-state index is -0.923. The summed E-state index contributed by atoms with van der Waals surface area (Å²) in [6.45, 7) is 2.98. The number of nitrogens with zero attached hydrogens (tertiary/aromatic N) is 2. The molecular weight excluding hydrogens is 310 g/mol. The molecule has 7 nitrogen and oxygen atoms in total. The largest absolute Gasteiger partial charge is 0.481 e. The number of anilines is 1. The molecule has 24 heavy (non-hydrogen) atoms. The lowest BCUT2D eigenvalue weighted by molar-refractivity contribution is -0.137. The van der Waals surface area contributed by atoms with E-state index in [1.165, 1.54) is 0 Å². The number of carbonyl (C=O) groups is 3. The zero-order chi connectivity index (χ0) is 17.5. The molecule has 1 aromatic carbocycles. The summed E-state index contributed by atoms with van der Waals surface area (Å²) in [6.07, 6.45) is 0.342. The quantitative estimate of drug-likeness (QED) is 0.818. The van der Waals surface area contributed by atoms with E-state index in [1.54, 1.807) is 29.2 Å². The van der Waals surface area contributed by atoms with Crippen molar-refractivity contribution in [2.24, 2.45) is 0 Å². The third-order valence-corrected chi connectivity index (χ3v) is 4.02. The Kier molecular flexibility index (Phi) is 6.31. The van der Waals surface area contributed by atoms with Gasteiger partial charge in [-0.25, -0.2) is 0 Å². The van der Waals surface area contributed by atoms with Crippen molar-refractivity contribution in [1.29, 1.82) is 0 Å². The zero-order valence-electron chi connectivity index (χ0n) is 13.8. The van der Waals surface area contributed by atoms with Crippen LogP contribution in [0.2, 0.25) is 0 Å². The fourth-order valence-electron chi connectivity index (χ4n) is 2.57. The molecule has 0 saturated carbocycles. The molecule has 1 aromatic rings. The minimum Gasteiger partial charge on any atom is -0.481 e. The van der Waals surface area contributed by atoms with Crippen molar-refractivity contribution in [2.75, 3.05) is 38.5 Å². The first-order chi connectivity index (χ1) is 11.5. The smallest absolute Gasteiger partial charge is 0.303 e. The van der Waals surface area contributed by atoms with Crippen LogP contribution >= 0.6 is 0 Å². The van der Waals surface area contributed by atoms with Crippen molar-refractivity contribution in [3.63, 3.8) is 0 Å². The Morgan fingerprint density at radius 2 is 1.75 bits per heavy atom. The Hall–Kier alpha value is -2.41. The van der Waals surface area contributed by atoms with Crippen LogP contribution in [0.5, 0.6) is 0 Å². The molecule has 1 fully saturated rings. The third kappa shape index (κ3) is 5.06. The van der Waals surface area contributed by atoms with Crippen LogP contribution in [0, 0.1) is 0 Å². The van der Waals surface area contributed by atoms with Crippen LogP contribution in [0.25, 0.3) is 0 Å². The lowest BCUT2D eigenvalue weighted by Crippen LogP contribution is -2.47. The van der Waals surface area contributed by atoms with Gasteiger partial charge in [0.05, 0.1) is 11.3 Å². The van der Waals surface area contributed by atoms with Crippen LogP contribution in [0.3, 0.4) is 0 Å². The topological polar surface area (TPSA) is 90.0 Å². The van der Waals surface area contributed by atoms with E-state index in [0.717, 1.165) is 13.1 Å². The average molecular weight is 333 g/mol. The van der Waals surface area contributed by atoms with Crippen molar-refractivity contribution in [2.45, 2.75) is 19.3 Å². The molecule has 2 N–H and O–H groups in total. The summed E-state index contributed by atoms with van der Waals surface area (Å²) < 4.78 is 0. The summed E-state index contributed by atoms with van der Waals surface area (Å²) in [4.78, 5) is 39.1. The number of amides is 2. The predicted molar refractivity (Wildman–Crippen MR) is 90.0 cm³/mol. The molecule has 1 saturated heterocycles. The molecule has 0 spiro atoms. The number of carbonyl (C=O) groups excluding carboxylic acids is 2. The standard InChI is InChI=1S/C17H23N3O4/c1-19-9-11-20(12-10-19)17(24)13-5-2-3-6-14(13)18-15(21)7-4-8-16(22)23/h2-3,5-6H,4,7-12H2,1H3,(H,18,21)(H,22,23). The first-order valence-electron chi connectivity index (χ1n) is 8.06. The summed E-state index contributed by atoms with van der Waals surface area (Å²) in [5, 5.41) is 11.3. The Bertz CT molecular complexity index is 610. The Morgan fingerprint density at radius 3 is 2.42 bits per heavy atom. The van der Waals surface area contributed by atoms with Crippen LogP contribution < -0.4 is 5.32 Å². The number of likely N-dealkylation sites (N-methyl/N-ethyl adjacent to an activating group) is 1. The third-order valence-electron chi connectivity index (χ3n) is 4.02. The molecule has 2 rings (SSSR count). The summed E-state index contributed by atoms with van der Waals surface area (Å²) in [6, 6.07) is 6.92. The number of hydrogen-bond acceptors (Lipinski definition) is 4. The number of nitrogens with one attached hydrogen (secondary N) is 1. The molecule has 130 valence electrons. The van der Waals surface area contributed by atoms with E-state index >= 15 is 0 Å². The number of hydrogen-bond donors (Lipinski definition) is 2. The summed E-state index contributed by atoms with van der Waals surface area (Å²) in [7, 11) is 2.02. The van der Waals surface area contributed by atoms with Crippen molar-refractivity contribution < 1.29 is 19.5 Å². The van der Waals surface area contributed by atoms with E-state index in [0.29, 0.717) is 24.3 Å². The second kappa shape index (κ2) is 8.44. The first kappa shape index (κ1) is 17.9. The highest BCUT2D eigenvalue weighted by atomic mass is 16.4. The Labute approximate surface area is 141 Å². The van der Waals surface area contributed by atoms with E-state index in [1.807, 2.05) is 7.05 Å². The fraction of sp³-hybridized carbons (Fsp3) is 0.471. The predicted octanol–water partition coefficient (Wildman–Crippen LogP) is 1.27. The van der Waals surface area contributed by atoms with E-state index in [2.05, 4.69) is 10.2 Å². The summed E-state index contributed by atoms with van der Waals surface area (Å²) in [5.74, 6) is -1.30. The van der Waals surface area contributed by atoms with E-state index in [-0.39, 0.29) is 31.1 Å². The van der Waals surface area contributed by atoms with Crippen molar-refractivity contribution in [3.05, 3.63) is 29.8 Å². The van der Waals surface area contributed by atoms with Crippen molar-refractivity contribution in [3.8, 4) is 0 Å². The second-order valence-electron chi connectivity index (χ2n) is 5.94. The van der Waals surface area contributed by atoms with Gasteiger partial charge in [0.25, 0.3) is 5.91 Å². The van der Waals surface area contributed by atoms with Gasteiger partial charge in [-0.05, 0) is 25.6 Å². The van der Waals surface area contributed by atoms with Crippen LogP contribution in [-0.4, -0.2) is 65.9 Å². The van der Waals surface area contributed by atoms with Gasteiger partial charge in [-0.2, -0.15) is 0 Å². The van der Waals surface area contributed by atoms with Crippen LogP contribution in [-0.2, 0) is 9.59 Å². The van der Waals surface area contributed by atoms with Gasteiger partial charge in [-0.15, -0.1) is 0 Å². The number of aliphatic carboxylic acids is 1. The first-order valence-corrected chi connectivity index (χ1v) is 8.06. The minimum absolute atomic E-state index is 0.0463. The maximum Gasteiger partial charge on any atom is 0.303 e. The van der Waals surface area contributed by atoms with Crippen LogP contribution in [0.1, 0.15) is 29.6 Å². The molecule has 0 radical (unpaired) electrons. The van der Waals surface area contributed by atoms with Gasteiger partial charge in [-0.1, -0.05) is 12.1 Å². The molecule has 0 aromatic heterocycles. The lowest BCUT2D eigenvalue weighted by atomic mass is 10.1.